The van der Waals surface area contributed by atoms with E-state index >= 15 is 0 Å². The van der Waals surface area contributed by atoms with Gasteiger partial charge in [0.2, 0.25) is 0 Å². The fourth-order valence-electron chi connectivity index (χ4n) is 3.05. The average Bonchev–Trinajstić information content (AvgIpc) is 2.82. The fraction of sp³-hybridized carbons (Fsp3) is 0.333. The molecule has 0 saturated heterocycles. The number of aliphatic hydroxyl groups is 4. The Morgan fingerprint density at radius 2 is 1.82 bits per heavy atom. The molecule has 0 bridgehead atoms. The Labute approximate surface area is 195 Å². The summed E-state index contributed by atoms with van der Waals surface area (Å²) in [5, 5.41) is 41.8. The maximum atomic E-state index is 14.3. The number of nitrogens with zero attached hydrogens (tertiary/aromatic N) is 2. The fourth-order valence-corrected chi connectivity index (χ4v) is 3.39. The van der Waals surface area contributed by atoms with Gasteiger partial charge in [-0.15, -0.1) is 0 Å². The first-order valence-electron chi connectivity index (χ1n) is 9.72. The van der Waals surface area contributed by atoms with E-state index in [2.05, 4.69) is 31.2 Å². The second-order valence-electron chi connectivity index (χ2n) is 7.01. The number of rotatable bonds is 10. The highest BCUT2D eigenvalue weighted by Crippen LogP contribution is 2.36. The van der Waals surface area contributed by atoms with E-state index in [1.54, 1.807) is 6.07 Å². The van der Waals surface area contributed by atoms with Crippen molar-refractivity contribution < 1.29 is 38.7 Å². The van der Waals surface area contributed by atoms with Crippen LogP contribution in [0.4, 0.5) is 20.3 Å². The molecule has 0 amide bonds. The second-order valence-corrected chi connectivity index (χ2v) is 7.93. The summed E-state index contributed by atoms with van der Waals surface area (Å²) < 4.78 is 39.3. The molecule has 1 heterocycles. The van der Waals surface area contributed by atoms with Gasteiger partial charge in [-0.25, -0.2) is 18.7 Å². The Kier molecular flexibility index (Phi) is 8.32. The van der Waals surface area contributed by atoms with Crippen molar-refractivity contribution in [3.8, 4) is 11.5 Å². The zero-order chi connectivity index (χ0) is 24.1. The van der Waals surface area contributed by atoms with Gasteiger partial charge in [0.1, 0.15) is 30.2 Å². The van der Waals surface area contributed by atoms with Crippen LogP contribution in [-0.4, -0.2) is 75.2 Å². The molecule has 3 rings (SSSR count). The van der Waals surface area contributed by atoms with E-state index in [-0.39, 0.29) is 23.0 Å². The van der Waals surface area contributed by atoms with Crippen molar-refractivity contribution in [2.45, 2.75) is 24.5 Å². The van der Waals surface area contributed by atoms with Crippen molar-refractivity contribution in [2.75, 3.05) is 25.6 Å². The predicted molar refractivity (Wildman–Crippen MR) is 119 cm³/mol. The molecule has 0 unspecified atom stereocenters. The standard InChI is InChI=1S/C21H22BrF2N3O6/c1-32-16-5-11-15(6-17(16)33-18(8-29)20(31)19(30)13(24)7-28)25-9-26-21(11)27-14-3-2-10(22)4-12(14)23/h2-6,9,13,18-20,28-31H,7-8H2,1H3,(H,25,26,27)/t13-,18-,19+,20+/m1/s1. The highest BCUT2D eigenvalue weighted by Gasteiger charge is 2.34. The zero-order valence-corrected chi connectivity index (χ0v) is 18.9. The number of hydrogen-bond donors (Lipinski definition) is 5. The number of methoxy groups -OCH3 is 1. The molecule has 0 aliphatic carbocycles. The van der Waals surface area contributed by atoms with Crippen molar-refractivity contribution in [3.05, 3.63) is 46.9 Å². The highest BCUT2D eigenvalue weighted by molar-refractivity contribution is 9.10. The average molecular weight is 530 g/mol. The third-order valence-corrected chi connectivity index (χ3v) is 5.33. The van der Waals surface area contributed by atoms with E-state index in [1.807, 2.05) is 0 Å². The lowest BCUT2D eigenvalue weighted by Crippen LogP contribution is -2.48. The summed E-state index contributed by atoms with van der Waals surface area (Å²) in [6.07, 6.45) is -6.16. The minimum atomic E-state index is -2.13. The molecule has 3 aromatic rings. The lowest BCUT2D eigenvalue weighted by molar-refractivity contribution is -0.0981. The van der Waals surface area contributed by atoms with Crippen LogP contribution in [0.5, 0.6) is 11.5 Å². The third-order valence-electron chi connectivity index (χ3n) is 4.84. The van der Waals surface area contributed by atoms with Crippen LogP contribution < -0.4 is 14.8 Å². The van der Waals surface area contributed by atoms with E-state index in [0.29, 0.717) is 15.4 Å². The molecule has 33 heavy (non-hydrogen) atoms. The van der Waals surface area contributed by atoms with Gasteiger partial charge in [0.25, 0.3) is 0 Å². The Bertz CT molecular complexity index is 1110. The van der Waals surface area contributed by atoms with Crippen LogP contribution in [0.15, 0.2) is 41.1 Å². The number of aromatic nitrogens is 2. The van der Waals surface area contributed by atoms with E-state index < -0.39 is 43.5 Å². The van der Waals surface area contributed by atoms with Crippen molar-refractivity contribution in [1.82, 2.24) is 9.97 Å². The Balaban J connectivity index is 1.94. The molecule has 9 nitrogen and oxygen atoms in total. The molecule has 5 N–H and O–H groups in total. The highest BCUT2D eigenvalue weighted by atomic mass is 79.9. The van der Waals surface area contributed by atoms with Gasteiger partial charge >= 0.3 is 0 Å². The van der Waals surface area contributed by atoms with E-state index in [9.17, 15) is 24.1 Å². The van der Waals surface area contributed by atoms with Crippen molar-refractivity contribution in [3.63, 3.8) is 0 Å². The van der Waals surface area contributed by atoms with Gasteiger partial charge in [0.15, 0.2) is 23.8 Å². The van der Waals surface area contributed by atoms with Gasteiger partial charge in [-0.1, -0.05) is 15.9 Å². The SMILES string of the molecule is COc1cc2c(Nc3ccc(Br)cc3F)ncnc2cc1O[C@H](CO)[C@H](O)[C@@H](O)[C@H](F)CO. The molecule has 0 aliphatic rings. The maximum absolute atomic E-state index is 14.3. The summed E-state index contributed by atoms with van der Waals surface area (Å²) >= 11 is 3.20. The van der Waals surface area contributed by atoms with Crippen LogP contribution in [0.2, 0.25) is 0 Å². The van der Waals surface area contributed by atoms with Gasteiger partial charge in [-0.05, 0) is 24.3 Å². The Morgan fingerprint density at radius 3 is 2.45 bits per heavy atom. The Morgan fingerprint density at radius 1 is 1.06 bits per heavy atom. The summed E-state index contributed by atoms with van der Waals surface area (Å²) in [7, 11) is 1.35. The van der Waals surface area contributed by atoms with Crippen LogP contribution in [0, 0.1) is 5.82 Å². The lowest BCUT2D eigenvalue weighted by Gasteiger charge is -2.28. The van der Waals surface area contributed by atoms with Gasteiger partial charge < -0.3 is 35.2 Å². The van der Waals surface area contributed by atoms with Gasteiger partial charge in [-0.3, -0.25) is 0 Å². The van der Waals surface area contributed by atoms with Gasteiger partial charge in [0, 0.05) is 15.9 Å². The first-order valence-corrected chi connectivity index (χ1v) is 10.5. The number of benzene rings is 2. The molecular formula is C21H22BrF2N3O6. The van der Waals surface area contributed by atoms with Crippen LogP contribution >= 0.6 is 15.9 Å². The largest absolute Gasteiger partial charge is 0.493 e. The van der Waals surface area contributed by atoms with Crippen molar-refractivity contribution in [1.29, 1.82) is 0 Å². The molecule has 0 radical (unpaired) electrons. The molecule has 1 aromatic heterocycles. The second kappa shape index (κ2) is 11.0. The van der Waals surface area contributed by atoms with Gasteiger partial charge in [0.05, 0.1) is 31.5 Å². The number of anilines is 2. The van der Waals surface area contributed by atoms with Crippen LogP contribution in [0.3, 0.4) is 0 Å². The van der Waals surface area contributed by atoms with Gasteiger partial charge in [-0.2, -0.15) is 0 Å². The first-order chi connectivity index (χ1) is 15.8. The summed E-state index contributed by atoms with van der Waals surface area (Å²) in [4.78, 5) is 8.31. The number of fused-ring (bicyclic) bond motifs is 1. The first kappa shape index (κ1) is 25.0. The molecule has 0 saturated carbocycles. The zero-order valence-electron chi connectivity index (χ0n) is 17.3. The van der Waals surface area contributed by atoms with Crippen molar-refractivity contribution >= 4 is 38.3 Å². The molecule has 12 heteroatoms. The quantitative estimate of drug-likeness (QED) is 0.267. The molecule has 4 atom stereocenters. The normalized spacial score (nSPS) is 15.0. The number of alkyl halides is 1. The van der Waals surface area contributed by atoms with Crippen LogP contribution in [-0.2, 0) is 0 Å². The molecular weight excluding hydrogens is 508 g/mol. The summed E-state index contributed by atoms with van der Waals surface area (Å²) in [6.45, 7) is -1.78. The molecule has 0 spiro atoms. The number of nitrogens with one attached hydrogen (secondary N) is 1. The van der Waals surface area contributed by atoms with E-state index in [1.165, 1.54) is 37.7 Å². The van der Waals surface area contributed by atoms with Crippen molar-refractivity contribution in [2.24, 2.45) is 0 Å². The summed E-state index contributed by atoms with van der Waals surface area (Å²) in [5.74, 6) is -0.0382. The minimum absolute atomic E-state index is 0.0363. The van der Waals surface area contributed by atoms with E-state index in [4.69, 9.17) is 14.6 Å². The van der Waals surface area contributed by atoms with E-state index in [0.717, 1.165) is 0 Å². The summed E-state index contributed by atoms with van der Waals surface area (Å²) in [6, 6.07) is 7.43. The molecule has 0 fully saturated rings. The topological polar surface area (TPSA) is 137 Å². The number of aliphatic hydroxyl groups excluding tert-OH is 4. The smallest absolute Gasteiger partial charge is 0.164 e. The number of ether oxygens (including phenoxy) is 2. The molecule has 0 aliphatic heterocycles. The maximum Gasteiger partial charge on any atom is 0.164 e. The number of hydrogen-bond acceptors (Lipinski definition) is 9. The Hall–Kier alpha value is -2.64. The van der Waals surface area contributed by atoms with Crippen LogP contribution in [0.25, 0.3) is 10.9 Å². The summed E-state index contributed by atoms with van der Waals surface area (Å²) in [5.41, 5.74) is 0.533. The van der Waals surface area contributed by atoms with Crippen LogP contribution in [0.1, 0.15) is 0 Å². The predicted octanol–water partition coefficient (Wildman–Crippen LogP) is 2.08. The minimum Gasteiger partial charge on any atom is -0.493 e. The lowest BCUT2D eigenvalue weighted by atomic mass is 10.0. The molecule has 178 valence electrons. The molecule has 2 aromatic carbocycles. The monoisotopic (exact) mass is 529 g/mol. The number of halogens is 3. The third kappa shape index (κ3) is 5.65.